The fourth-order valence-electron chi connectivity index (χ4n) is 2.31. The Bertz CT molecular complexity index is 851. The van der Waals surface area contributed by atoms with E-state index < -0.39 is 0 Å². The summed E-state index contributed by atoms with van der Waals surface area (Å²) < 4.78 is 7.59. The summed E-state index contributed by atoms with van der Waals surface area (Å²) in [6, 6.07) is 1.93. The second-order valence-corrected chi connectivity index (χ2v) is 7.24. The zero-order valence-electron chi connectivity index (χ0n) is 13.4. The minimum absolute atomic E-state index is 0.294. The van der Waals surface area contributed by atoms with Gasteiger partial charge in [-0.15, -0.1) is 15.3 Å². The van der Waals surface area contributed by atoms with Gasteiger partial charge in [0.05, 0.1) is 5.69 Å². The van der Waals surface area contributed by atoms with Crippen LogP contribution in [-0.4, -0.2) is 29.8 Å². The van der Waals surface area contributed by atoms with E-state index in [0.717, 1.165) is 15.7 Å². The molecule has 1 fully saturated rings. The predicted octanol–water partition coefficient (Wildman–Crippen LogP) is 2.86. The molecule has 120 valence electrons. The van der Waals surface area contributed by atoms with E-state index >= 15 is 0 Å². The first-order chi connectivity index (χ1) is 11.1. The Hall–Kier alpha value is -2.09. The molecule has 0 radical (unpaired) electrons. The molecule has 23 heavy (non-hydrogen) atoms. The van der Waals surface area contributed by atoms with Crippen LogP contribution in [0.5, 0.6) is 5.88 Å². The van der Waals surface area contributed by atoms with Crippen LogP contribution in [0, 0.1) is 6.92 Å². The Balaban J connectivity index is 1.61. The lowest BCUT2D eigenvalue weighted by molar-refractivity contribution is 0.283. The second-order valence-electron chi connectivity index (χ2n) is 6.14. The Morgan fingerprint density at radius 2 is 2.13 bits per heavy atom. The quantitative estimate of drug-likeness (QED) is 0.716. The van der Waals surface area contributed by atoms with E-state index in [4.69, 9.17) is 4.74 Å². The van der Waals surface area contributed by atoms with E-state index in [2.05, 4.69) is 39.1 Å². The highest BCUT2D eigenvalue weighted by Crippen LogP contribution is 2.41. The van der Waals surface area contributed by atoms with Crippen LogP contribution in [0.1, 0.15) is 60.1 Å². The fourth-order valence-corrected chi connectivity index (χ4v) is 3.24. The van der Waals surface area contributed by atoms with E-state index in [1.165, 1.54) is 12.8 Å². The van der Waals surface area contributed by atoms with E-state index in [1.807, 2.05) is 13.0 Å². The Morgan fingerprint density at radius 1 is 1.30 bits per heavy atom. The maximum Gasteiger partial charge on any atom is 0.255 e. The van der Waals surface area contributed by atoms with Gasteiger partial charge < -0.3 is 4.74 Å². The SMILES string of the molecule is Cc1nc2nc(C(C)C)cc(OCc3nnc(C4CC4)s3)n2n1. The number of nitrogens with zero attached hydrogens (tertiary/aromatic N) is 6. The van der Waals surface area contributed by atoms with E-state index in [-0.39, 0.29) is 0 Å². The van der Waals surface area contributed by atoms with Crippen molar-refractivity contribution in [2.75, 3.05) is 0 Å². The zero-order valence-corrected chi connectivity index (χ0v) is 14.2. The molecule has 0 unspecified atom stereocenters. The van der Waals surface area contributed by atoms with E-state index in [9.17, 15) is 0 Å². The fraction of sp³-hybridized carbons (Fsp3) is 0.533. The number of hydrogen-bond donors (Lipinski definition) is 0. The number of hydrogen-bond acceptors (Lipinski definition) is 7. The molecule has 0 atom stereocenters. The number of fused-ring (bicyclic) bond motifs is 1. The van der Waals surface area contributed by atoms with Gasteiger partial charge in [0.15, 0.2) is 5.01 Å². The van der Waals surface area contributed by atoms with Crippen molar-refractivity contribution in [2.24, 2.45) is 0 Å². The standard InChI is InChI=1S/C15H18N6OS/c1-8(2)11-6-13(21-15(17-11)16-9(3)20-21)22-7-12-18-19-14(23-12)10-4-5-10/h6,8,10H,4-5,7H2,1-3H3. The van der Waals surface area contributed by atoms with Gasteiger partial charge in [0.2, 0.25) is 5.88 Å². The Kier molecular flexibility index (Phi) is 3.48. The molecular weight excluding hydrogens is 312 g/mol. The van der Waals surface area contributed by atoms with Gasteiger partial charge in [-0.25, -0.2) is 4.98 Å². The third-order valence-electron chi connectivity index (χ3n) is 3.75. The van der Waals surface area contributed by atoms with Crippen molar-refractivity contribution in [2.45, 2.75) is 52.1 Å². The Morgan fingerprint density at radius 3 is 2.87 bits per heavy atom. The zero-order chi connectivity index (χ0) is 16.0. The van der Waals surface area contributed by atoms with Crippen LogP contribution in [0.15, 0.2) is 6.07 Å². The van der Waals surface area contributed by atoms with Crippen LogP contribution < -0.4 is 4.74 Å². The van der Waals surface area contributed by atoms with Crippen molar-refractivity contribution >= 4 is 17.1 Å². The molecular formula is C15H18N6OS. The summed E-state index contributed by atoms with van der Waals surface area (Å²) >= 11 is 1.64. The highest BCUT2D eigenvalue weighted by atomic mass is 32.1. The van der Waals surface area contributed by atoms with Gasteiger partial charge in [0.1, 0.15) is 17.4 Å². The minimum Gasteiger partial charge on any atom is -0.470 e. The molecule has 3 aromatic rings. The van der Waals surface area contributed by atoms with Crippen LogP contribution in [0.2, 0.25) is 0 Å². The van der Waals surface area contributed by atoms with Crippen molar-refractivity contribution < 1.29 is 4.74 Å². The third kappa shape index (κ3) is 2.90. The van der Waals surface area contributed by atoms with Gasteiger partial charge in [-0.05, 0) is 25.7 Å². The number of aromatic nitrogens is 6. The summed E-state index contributed by atoms with van der Waals surface area (Å²) in [5, 5.41) is 14.8. The molecule has 7 nitrogen and oxygen atoms in total. The maximum absolute atomic E-state index is 5.95. The van der Waals surface area contributed by atoms with Crippen molar-refractivity contribution in [3.8, 4) is 5.88 Å². The first kappa shape index (κ1) is 14.5. The highest BCUT2D eigenvalue weighted by Gasteiger charge is 2.27. The summed E-state index contributed by atoms with van der Waals surface area (Å²) in [4.78, 5) is 8.87. The number of ether oxygens (including phenoxy) is 1. The maximum atomic E-state index is 5.95. The molecule has 1 aliphatic carbocycles. The summed E-state index contributed by atoms with van der Waals surface area (Å²) in [5.74, 6) is 2.80. The van der Waals surface area contributed by atoms with Gasteiger partial charge in [-0.2, -0.15) is 9.50 Å². The topological polar surface area (TPSA) is 78.1 Å². The van der Waals surface area contributed by atoms with Gasteiger partial charge >= 0.3 is 0 Å². The molecule has 0 aromatic carbocycles. The number of aryl methyl sites for hydroxylation is 1. The van der Waals surface area contributed by atoms with Gasteiger partial charge in [0, 0.05) is 12.0 Å². The largest absolute Gasteiger partial charge is 0.470 e. The highest BCUT2D eigenvalue weighted by molar-refractivity contribution is 7.11. The average molecular weight is 330 g/mol. The van der Waals surface area contributed by atoms with E-state index in [0.29, 0.717) is 35.9 Å². The molecule has 0 amide bonds. The lowest BCUT2D eigenvalue weighted by Crippen LogP contribution is -2.05. The molecule has 0 spiro atoms. The smallest absolute Gasteiger partial charge is 0.255 e. The molecule has 1 saturated carbocycles. The second kappa shape index (κ2) is 5.52. The first-order valence-corrected chi connectivity index (χ1v) is 8.61. The molecule has 3 aromatic heterocycles. The lowest BCUT2D eigenvalue weighted by atomic mass is 10.1. The van der Waals surface area contributed by atoms with Gasteiger partial charge in [-0.3, -0.25) is 0 Å². The Labute approximate surface area is 137 Å². The monoisotopic (exact) mass is 330 g/mol. The van der Waals surface area contributed by atoms with Crippen molar-refractivity contribution in [1.82, 2.24) is 29.8 Å². The molecule has 0 bridgehead atoms. The molecule has 1 aliphatic rings. The van der Waals surface area contributed by atoms with Gasteiger partial charge in [0.25, 0.3) is 5.78 Å². The van der Waals surface area contributed by atoms with Gasteiger partial charge in [-0.1, -0.05) is 25.2 Å². The molecule has 3 heterocycles. The van der Waals surface area contributed by atoms with Crippen molar-refractivity contribution in [3.63, 3.8) is 0 Å². The summed E-state index contributed by atoms with van der Waals surface area (Å²) in [6.07, 6.45) is 2.47. The van der Waals surface area contributed by atoms with E-state index in [1.54, 1.807) is 15.9 Å². The predicted molar refractivity (Wildman–Crippen MR) is 85.8 cm³/mol. The van der Waals surface area contributed by atoms with Crippen LogP contribution in [0.4, 0.5) is 0 Å². The molecule has 0 N–H and O–H groups in total. The number of rotatable bonds is 5. The van der Waals surface area contributed by atoms with Crippen LogP contribution in [-0.2, 0) is 6.61 Å². The average Bonchev–Trinajstić information content (AvgIpc) is 3.13. The normalized spacial score (nSPS) is 14.8. The summed E-state index contributed by atoms with van der Waals surface area (Å²) in [6.45, 7) is 6.43. The molecule has 0 saturated heterocycles. The van der Waals surface area contributed by atoms with Crippen molar-refractivity contribution in [1.29, 1.82) is 0 Å². The molecule has 8 heteroatoms. The lowest BCUT2D eigenvalue weighted by Gasteiger charge is -2.09. The van der Waals surface area contributed by atoms with Crippen LogP contribution >= 0.6 is 11.3 Å². The summed E-state index contributed by atoms with van der Waals surface area (Å²) in [5.41, 5.74) is 0.941. The first-order valence-electron chi connectivity index (χ1n) is 7.79. The van der Waals surface area contributed by atoms with Crippen molar-refractivity contribution in [3.05, 3.63) is 27.6 Å². The van der Waals surface area contributed by atoms with Crippen LogP contribution in [0.25, 0.3) is 5.78 Å². The third-order valence-corrected chi connectivity index (χ3v) is 4.81. The van der Waals surface area contributed by atoms with Crippen LogP contribution in [0.3, 0.4) is 0 Å². The molecule has 0 aliphatic heterocycles. The minimum atomic E-state index is 0.294. The summed E-state index contributed by atoms with van der Waals surface area (Å²) in [7, 11) is 0. The molecule has 4 rings (SSSR count).